The van der Waals surface area contributed by atoms with E-state index in [9.17, 15) is 4.79 Å². The second-order valence-corrected chi connectivity index (χ2v) is 5.51. The third kappa shape index (κ3) is 7.21. The molecule has 1 amide bonds. The van der Waals surface area contributed by atoms with Crippen LogP contribution in [0.25, 0.3) is 0 Å². The molecule has 1 unspecified atom stereocenters. The van der Waals surface area contributed by atoms with Gasteiger partial charge in [-0.2, -0.15) is 0 Å². The third-order valence-corrected chi connectivity index (χ3v) is 3.33. The lowest BCUT2D eigenvalue weighted by Gasteiger charge is -2.13. The first kappa shape index (κ1) is 16.0. The predicted octanol–water partition coefficient (Wildman–Crippen LogP) is 3.44. The standard InChI is InChI=1S/C15H22BrNO2/c1-12-5-3-7-14(11-12)19-10-8-15(18)17-13(2)6-4-9-16/h3,5,7,11,13H,4,6,8-10H2,1-2H3,(H,17,18). The molecule has 0 spiro atoms. The van der Waals surface area contributed by atoms with Crippen molar-refractivity contribution in [3.63, 3.8) is 0 Å². The summed E-state index contributed by atoms with van der Waals surface area (Å²) >= 11 is 3.38. The van der Waals surface area contributed by atoms with Crippen molar-refractivity contribution in [3.8, 4) is 5.75 Å². The zero-order valence-electron chi connectivity index (χ0n) is 11.6. The van der Waals surface area contributed by atoms with E-state index >= 15 is 0 Å². The van der Waals surface area contributed by atoms with E-state index in [1.165, 1.54) is 0 Å². The minimum absolute atomic E-state index is 0.0507. The fraction of sp³-hybridized carbons (Fsp3) is 0.533. The minimum atomic E-state index is 0.0507. The van der Waals surface area contributed by atoms with Gasteiger partial charge in [0.1, 0.15) is 5.75 Å². The van der Waals surface area contributed by atoms with Gasteiger partial charge < -0.3 is 10.1 Å². The Morgan fingerprint density at radius 3 is 2.95 bits per heavy atom. The van der Waals surface area contributed by atoms with Gasteiger partial charge in [-0.05, 0) is 44.4 Å². The molecule has 1 N–H and O–H groups in total. The van der Waals surface area contributed by atoms with Gasteiger partial charge in [0.25, 0.3) is 0 Å². The topological polar surface area (TPSA) is 38.3 Å². The Hall–Kier alpha value is -1.03. The normalized spacial score (nSPS) is 11.9. The predicted molar refractivity (Wildman–Crippen MR) is 81.9 cm³/mol. The van der Waals surface area contributed by atoms with Crippen LogP contribution in [0.2, 0.25) is 0 Å². The van der Waals surface area contributed by atoms with Crippen LogP contribution in [0.15, 0.2) is 24.3 Å². The monoisotopic (exact) mass is 327 g/mol. The summed E-state index contributed by atoms with van der Waals surface area (Å²) in [5.74, 6) is 0.870. The molecule has 1 atom stereocenters. The van der Waals surface area contributed by atoms with Crippen LogP contribution in [-0.4, -0.2) is 23.9 Å². The Balaban J connectivity index is 2.20. The summed E-state index contributed by atoms with van der Waals surface area (Å²) in [6.07, 6.45) is 2.46. The highest BCUT2D eigenvalue weighted by Crippen LogP contribution is 2.12. The van der Waals surface area contributed by atoms with E-state index in [1.807, 2.05) is 38.1 Å². The van der Waals surface area contributed by atoms with Gasteiger partial charge in [0.15, 0.2) is 0 Å². The summed E-state index contributed by atoms with van der Waals surface area (Å²) in [4.78, 5) is 11.7. The molecule has 0 radical (unpaired) electrons. The van der Waals surface area contributed by atoms with Crippen molar-refractivity contribution in [2.75, 3.05) is 11.9 Å². The molecule has 0 aliphatic heterocycles. The van der Waals surface area contributed by atoms with Gasteiger partial charge in [0.2, 0.25) is 5.91 Å². The number of alkyl halides is 1. The SMILES string of the molecule is Cc1cccc(OCCC(=O)NC(C)CCCBr)c1. The van der Waals surface area contributed by atoms with Crippen LogP contribution in [0.3, 0.4) is 0 Å². The van der Waals surface area contributed by atoms with Crippen molar-refractivity contribution in [3.05, 3.63) is 29.8 Å². The maximum Gasteiger partial charge on any atom is 0.223 e. The van der Waals surface area contributed by atoms with Gasteiger partial charge in [-0.1, -0.05) is 28.1 Å². The summed E-state index contributed by atoms with van der Waals surface area (Å²) in [5, 5.41) is 3.95. The zero-order chi connectivity index (χ0) is 14.1. The Morgan fingerprint density at radius 1 is 1.47 bits per heavy atom. The Labute approximate surface area is 123 Å². The van der Waals surface area contributed by atoms with Crippen molar-refractivity contribution in [1.82, 2.24) is 5.32 Å². The molecule has 0 heterocycles. The molecule has 106 valence electrons. The average Bonchev–Trinajstić information content (AvgIpc) is 2.36. The van der Waals surface area contributed by atoms with Crippen LogP contribution in [-0.2, 0) is 4.79 Å². The van der Waals surface area contributed by atoms with E-state index in [1.54, 1.807) is 0 Å². The Kier molecular flexibility index (Phi) is 7.56. The maximum absolute atomic E-state index is 11.7. The number of nitrogens with one attached hydrogen (secondary N) is 1. The van der Waals surface area contributed by atoms with Gasteiger partial charge >= 0.3 is 0 Å². The second kappa shape index (κ2) is 8.97. The number of rotatable bonds is 8. The maximum atomic E-state index is 11.7. The van der Waals surface area contributed by atoms with E-state index in [2.05, 4.69) is 21.2 Å². The first-order valence-electron chi connectivity index (χ1n) is 6.66. The highest BCUT2D eigenvalue weighted by atomic mass is 79.9. The van der Waals surface area contributed by atoms with Gasteiger partial charge in [0, 0.05) is 11.4 Å². The number of carbonyl (C=O) groups excluding carboxylic acids is 1. The van der Waals surface area contributed by atoms with Crippen molar-refractivity contribution in [2.45, 2.75) is 39.2 Å². The molecular weight excluding hydrogens is 306 g/mol. The summed E-state index contributed by atoms with van der Waals surface area (Å²) in [5.41, 5.74) is 1.16. The number of hydrogen-bond acceptors (Lipinski definition) is 2. The number of halogens is 1. The quantitative estimate of drug-likeness (QED) is 0.743. The number of hydrogen-bond donors (Lipinski definition) is 1. The molecule has 19 heavy (non-hydrogen) atoms. The number of benzene rings is 1. The van der Waals surface area contributed by atoms with E-state index in [0.29, 0.717) is 13.0 Å². The first-order chi connectivity index (χ1) is 9.11. The highest BCUT2D eigenvalue weighted by molar-refractivity contribution is 9.09. The van der Waals surface area contributed by atoms with Gasteiger partial charge in [-0.25, -0.2) is 0 Å². The number of amides is 1. The molecule has 0 saturated heterocycles. The lowest BCUT2D eigenvalue weighted by atomic mass is 10.2. The largest absolute Gasteiger partial charge is 0.493 e. The molecule has 0 fully saturated rings. The summed E-state index contributed by atoms with van der Waals surface area (Å²) < 4.78 is 5.55. The molecular formula is C15H22BrNO2. The summed E-state index contributed by atoms with van der Waals surface area (Å²) in [7, 11) is 0. The minimum Gasteiger partial charge on any atom is -0.493 e. The van der Waals surface area contributed by atoms with Crippen LogP contribution in [0, 0.1) is 6.92 Å². The van der Waals surface area contributed by atoms with E-state index in [-0.39, 0.29) is 11.9 Å². The molecule has 0 saturated carbocycles. The molecule has 0 aliphatic carbocycles. The molecule has 1 aromatic rings. The van der Waals surface area contributed by atoms with Crippen LogP contribution in [0.5, 0.6) is 5.75 Å². The van der Waals surface area contributed by atoms with E-state index in [4.69, 9.17) is 4.74 Å². The van der Waals surface area contributed by atoms with Gasteiger partial charge in [-0.15, -0.1) is 0 Å². The van der Waals surface area contributed by atoms with Gasteiger partial charge in [0.05, 0.1) is 13.0 Å². The third-order valence-electron chi connectivity index (χ3n) is 2.77. The Bertz CT molecular complexity index is 395. The molecule has 4 heteroatoms. The van der Waals surface area contributed by atoms with E-state index in [0.717, 1.165) is 29.5 Å². The molecule has 1 aromatic carbocycles. The number of ether oxygens (including phenoxy) is 1. The lowest BCUT2D eigenvalue weighted by Crippen LogP contribution is -2.33. The fourth-order valence-corrected chi connectivity index (χ4v) is 2.09. The second-order valence-electron chi connectivity index (χ2n) is 4.71. The van der Waals surface area contributed by atoms with Crippen LogP contribution in [0.4, 0.5) is 0 Å². The summed E-state index contributed by atoms with van der Waals surface area (Å²) in [6, 6.07) is 8.07. The highest BCUT2D eigenvalue weighted by Gasteiger charge is 2.07. The molecule has 1 rings (SSSR count). The average molecular weight is 328 g/mol. The molecule has 3 nitrogen and oxygen atoms in total. The van der Waals surface area contributed by atoms with Crippen LogP contribution in [0.1, 0.15) is 31.7 Å². The Morgan fingerprint density at radius 2 is 2.26 bits per heavy atom. The smallest absolute Gasteiger partial charge is 0.223 e. The van der Waals surface area contributed by atoms with Crippen LogP contribution >= 0.6 is 15.9 Å². The number of carbonyl (C=O) groups is 1. The number of aryl methyl sites for hydroxylation is 1. The molecule has 0 aromatic heterocycles. The lowest BCUT2D eigenvalue weighted by molar-refractivity contribution is -0.122. The first-order valence-corrected chi connectivity index (χ1v) is 7.78. The zero-order valence-corrected chi connectivity index (χ0v) is 13.2. The summed E-state index contributed by atoms with van der Waals surface area (Å²) in [6.45, 7) is 4.47. The van der Waals surface area contributed by atoms with Crippen LogP contribution < -0.4 is 10.1 Å². The fourth-order valence-electron chi connectivity index (χ4n) is 1.77. The van der Waals surface area contributed by atoms with E-state index < -0.39 is 0 Å². The van der Waals surface area contributed by atoms with Crippen molar-refractivity contribution in [2.24, 2.45) is 0 Å². The van der Waals surface area contributed by atoms with Gasteiger partial charge in [-0.3, -0.25) is 4.79 Å². The molecule has 0 bridgehead atoms. The molecule has 0 aliphatic rings. The van der Waals surface area contributed by atoms with Crippen molar-refractivity contribution < 1.29 is 9.53 Å². The van der Waals surface area contributed by atoms with Crippen molar-refractivity contribution in [1.29, 1.82) is 0 Å². The van der Waals surface area contributed by atoms with Crippen molar-refractivity contribution >= 4 is 21.8 Å².